The van der Waals surface area contributed by atoms with Crippen molar-refractivity contribution < 1.29 is 4.74 Å². The molecule has 5 heteroatoms. The lowest BCUT2D eigenvalue weighted by Crippen LogP contribution is -2.25. The van der Waals surface area contributed by atoms with E-state index >= 15 is 0 Å². The van der Waals surface area contributed by atoms with Gasteiger partial charge in [-0.1, -0.05) is 48.2 Å². The molecule has 0 saturated carbocycles. The van der Waals surface area contributed by atoms with Crippen LogP contribution in [0.1, 0.15) is 12.0 Å². The van der Waals surface area contributed by atoms with Gasteiger partial charge in [0, 0.05) is 37.5 Å². The van der Waals surface area contributed by atoms with E-state index in [0.717, 1.165) is 25.1 Å². The lowest BCUT2D eigenvalue weighted by Gasteiger charge is -2.21. The molecule has 0 amide bonds. The van der Waals surface area contributed by atoms with Gasteiger partial charge in [-0.05, 0) is 38.5 Å². The monoisotopic (exact) mass is 390 g/mol. The van der Waals surface area contributed by atoms with Crippen LogP contribution in [0.4, 0.5) is 0 Å². The summed E-state index contributed by atoms with van der Waals surface area (Å²) in [5, 5.41) is 5.48. The molecule has 1 aliphatic rings. The Morgan fingerprint density at radius 3 is 2.87 bits per heavy atom. The zero-order chi connectivity index (χ0) is 16.0. The van der Waals surface area contributed by atoms with Gasteiger partial charge in [0.1, 0.15) is 0 Å². The number of ether oxygens (including phenoxy) is 1. The number of rotatable bonds is 7. The van der Waals surface area contributed by atoms with Gasteiger partial charge < -0.3 is 10.1 Å². The smallest absolute Gasteiger partial charge is 0.176 e. The fraction of sp³-hybridized carbons (Fsp3) is 0.278. The number of benzene rings is 1. The fourth-order valence-corrected chi connectivity index (χ4v) is 3.77. The summed E-state index contributed by atoms with van der Waals surface area (Å²) in [4.78, 5) is 4.34. The van der Waals surface area contributed by atoms with E-state index in [0.29, 0.717) is 6.61 Å². The van der Waals surface area contributed by atoms with Crippen LogP contribution in [0.15, 0.2) is 60.3 Å². The second kappa shape index (κ2) is 8.11. The van der Waals surface area contributed by atoms with E-state index < -0.39 is 0 Å². The van der Waals surface area contributed by atoms with Crippen LogP contribution in [0, 0.1) is 0 Å². The van der Waals surface area contributed by atoms with E-state index in [1.165, 1.54) is 11.1 Å². The van der Waals surface area contributed by atoms with Gasteiger partial charge in [0.25, 0.3) is 0 Å². The number of thioether (sulfide) groups is 1. The summed E-state index contributed by atoms with van der Waals surface area (Å²) < 4.78 is 5.60. The Hall–Kier alpha value is -1.14. The van der Waals surface area contributed by atoms with Gasteiger partial charge >= 0.3 is 0 Å². The molecular weight excluding hydrogens is 372 g/mol. The van der Waals surface area contributed by atoms with Gasteiger partial charge in [-0.2, -0.15) is 0 Å². The zero-order valence-electron chi connectivity index (χ0n) is 12.7. The zero-order valence-corrected chi connectivity index (χ0v) is 15.1. The maximum atomic E-state index is 5.86. The van der Waals surface area contributed by atoms with Crippen molar-refractivity contribution in [2.45, 2.75) is 16.8 Å². The van der Waals surface area contributed by atoms with Gasteiger partial charge in [0.15, 0.2) is 3.84 Å². The highest BCUT2D eigenvalue weighted by molar-refractivity contribution is 9.11. The lowest BCUT2D eigenvalue weighted by atomic mass is 10.1. The van der Waals surface area contributed by atoms with E-state index in [9.17, 15) is 0 Å². The van der Waals surface area contributed by atoms with E-state index in [4.69, 9.17) is 4.74 Å². The van der Waals surface area contributed by atoms with Crippen molar-refractivity contribution in [1.82, 2.24) is 10.3 Å². The Bertz CT molecular complexity index is 655. The van der Waals surface area contributed by atoms with Crippen LogP contribution < -0.4 is 5.32 Å². The summed E-state index contributed by atoms with van der Waals surface area (Å²) in [5.41, 5.74) is 3.52. The van der Waals surface area contributed by atoms with E-state index in [1.54, 1.807) is 11.8 Å². The number of hydrogen-bond acceptors (Lipinski definition) is 4. The van der Waals surface area contributed by atoms with Crippen LogP contribution in [-0.2, 0) is 11.3 Å². The van der Waals surface area contributed by atoms with E-state index in [-0.39, 0.29) is 3.84 Å². The highest BCUT2D eigenvalue weighted by atomic mass is 79.9. The van der Waals surface area contributed by atoms with Crippen LogP contribution in [-0.4, -0.2) is 22.0 Å². The molecule has 0 spiro atoms. The minimum Gasteiger partial charge on any atom is -0.352 e. The molecule has 1 aromatic carbocycles. The molecule has 0 radical (unpaired) electrons. The molecule has 120 valence electrons. The molecule has 1 aromatic heterocycles. The van der Waals surface area contributed by atoms with Crippen molar-refractivity contribution in [2.24, 2.45) is 0 Å². The number of alkyl halides is 1. The molecule has 0 aliphatic carbocycles. The first-order valence-corrected chi connectivity index (χ1v) is 9.28. The third kappa shape index (κ3) is 4.91. The van der Waals surface area contributed by atoms with E-state index in [2.05, 4.69) is 55.9 Å². The normalized spacial score (nSPS) is 20.0. The van der Waals surface area contributed by atoms with Gasteiger partial charge in [-0.3, -0.25) is 4.98 Å². The Morgan fingerprint density at radius 1 is 1.22 bits per heavy atom. The summed E-state index contributed by atoms with van der Waals surface area (Å²) in [5.74, 6) is 0. The molecule has 3 rings (SSSR count). The number of aromatic nitrogens is 1. The summed E-state index contributed by atoms with van der Waals surface area (Å²) in [7, 11) is 0. The topological polar surface area (TPSA) is 34.1 Å². The largest absolute Gasteiger partial charge is 0.352 e. The molecule has 2 heterocycles. The first kappa shape index (κ1) is 16.7. The van der Waals surface area contributed by atoms with Crippen molar-refractivity contribution in [2.75, 3.05) is 13.2 Å². The third-order valence-electron chi connectivity index (χ3n) is 3.53. The third-order valence-corrected chi connectivity index (χ3v) is 5.61. The highest BCUT2D eigenvalue weighted by Crippen LogP contribution is 2.42. The van der Waals surface area contributed by atoms with E-state index in [1.807, 2.05) is 30.6 Å². The molecule has 0 bridgehead atoms. The molecule has 1 atom stereocenters. The molecule has 0 saturated heterocycles. The Balaban J connectivity index is 1.45. The number of nitrogens with one attached hydrogen (secondary N) is 1. The summed E-state index contributed by atoms with van der Waals surface area (Å²) in [6.45, 7) is 2.27. The fourth-order valence-electron chi connectivity index (χ4n) is 2.36. The maximum Gasteiger partial charge on any atom is 0.176 e. The highest BCUT2D eigenvalue weighted by Gasteiger charge is 2.28. The Labute approximate surface area is 149 Å². The molecule has 3 nitrogen and oxygen atoms in total. The number of halogens is 1. The summed E-state index contributed by atoms with van der Waals surface area (Å²) in [6, 6.07) is 12.5. The molecular formula is C18H19BrN2OS. The van der Waals surface area contributed by atoms with Crippen molar-refractivity contribution in [3.05, 3.63) is 65.8 Å². The SMILES string of the molecule is BrC1(OCCNCc2cncc(-c3ccccc3)c2)CC=CS1. The molecule has 2 aromatic rings. The van der Waals surface area contributed by atoms with Crippen LogP contribution in [0.3, 0.4) is 0 Å². The van der Waals surface area contributed by atoms with Crippen LogP contribution >= 0.6 is 27.7 Å². The first-order chi connectivity index (χ1) is 11.3. The van der Waals surface area contributed by atoms with Gasteiger partial charge in [0.2, 0.25) is 0 Å². The predicted octanol–water partition coefficient (Wildman–Crippen LogP) is 4.55. The molecule has 1 aliphatic heterocycles. The number of nitrogens with zero attached hydrogens (tertiary/aromatic N) is 1. The second-order valence-corrected chi connectivity index (χ2v) is 8.30. The van der Waals surface area contributed by atoms with Crippen molar-refractivity contribution in [3.8, 4) is 11.1 Å². The van der Waals surface area contributed by atoms with Gasteiger partial charge in [0.05, 0.1) is 6.61 Å². The lowest BCUT2D eigenvalue weighted by molar-refractivity contribution is 0.0996. The average Bonchev–Trinajstić information content (AvgIpc) is 3.02. The number of pyridine rings is 1. The predicted molar refractivity (Wildman–Crippen MR) is 100 cm³/mol. The summed E-state index contributed by atoms with van der Waals surface area (Å²) >= 11 is 5.29. The molecule has 1 unspecified atom stereocenters. The second-order valence-electron chi connectivity index (χ2n) is 5.33. The minimum atomic E-state index is -0.260. The standard InChI is InChI=1S/C18H19BrN2OS/c19-18(7-4-10-23-18)22-9-8-20-12-15-11-17(14-21-13-15)16-5-2-1-3-6-16/h1-6,10-11,13-14,20H,7-9,12H2. The van der Waals surface area contributed by atoms with Crippen molar-refractivity contribution in [1.29, 1.82) is 0 Å². The average molecular weight is 391 g/mol. The molecule has 0 fully saturated rings. The Kier molecular flexibility index (Phi) is 5.89. The quantitative estimate of drug-likeness (QED) is 0.555. The Morgan fingerprint density at radius 2 is 2.09 bits per heavy atom. The maximum absolute atomic E-state index is 5.86. The number of hydrogen-bond donors (Lipinski definition) is 1. The minimum absolute atomic E-state index is 0.260. The summed E-state index contributed by atoms with van der Waals surface area (Å²) in [6.07, 6.45) is 6.83. The molecule has 23 heavy (non-hydrogen) atoms. The molecule has 1 N–H and O–H groups in total. The van der Waals surface area contributed by atoms with Crippen LogP contribution in [0.2, 0.25) is 0 Å². The van der Waals surface area contributed by atoms with Crippen LogP contribution in [0.5, 0.6) is 0 Å². The van der Waals surface area contributed by atoms with Crippen molar-refractivity contribution >= 4 is 27.7 Å². The van der Waals surface area contributed by atoms with Crippen LogP contribution in [0.25, 0.3) is 11.1 Å². The first-order valence-electron chi connectivity index (χ1n) is 7.61. The van der Waals surface area contributed by atoms with Gasteiger partial charge in [-0.25, -0.2) is 0 Å². The van der Waals surface area contributed by atoms with Crippen molar-refractivity contribution in [3.63, 3.8) is 0 Å². The van der Waals surface area contributed by atoms with Gasteiger partial charge in [-0.15, -0.1) is 0 Å².